The summed E-state index contributed by atoms with van der Waals surface area (Å²) in [6, 6.07) is 10.2. The number of nitrogens with zero attached hydrogens (tertiary/aromatic N) is 2. The molecule has 0 atom stereocenters. The zero-order valence-electron chi connectivity index (χ0n) is 13.9. The van der Waals surface area contributed by atoms with Crippen molar-refractivity contribution in [2.24, 2.45) is 5.10 Å². The molecule has 0 spiro atoms. The maximum absolute atomic E-state index is 11.8. The van der Waals surface area contributed by atoms with E-state index in [2.05, 4.69) is 10.5 Å². The van der Waals surface area contributed by atoms with Crippen molar-refractivity contribution < 1.29 is 19.9 Å². The average molecular weight is 375 g/mol. The van der Waals surface area contributed by atoms with Crippen LogP contribution < -0.4 is 5.43 Å². The Morgan fingerprint density at radius 2 is 1.92 bits per heavy atom. The van der Waals surface area contributed by atoms with Gasteiger partial charge in [0.25, 0.3) is 5.69 Å². The summed E-state index contributed by atoms with van der Waals surface area (Å²) in [6.07, 6.45) is 0. The number of nitro groups is 1. The molecule has 2 aromatic rings. The summed E-state index contributed by atoms with van der Waals surface area (Å²) in [6.45, 7) is 1.60. The Morgan fingerprint density at radius 1 is 1.23 bits per heavy atom. The molecular formula is C17H17N3O5S. The molecule has 1 amide bonds. The lowest BCUT2D eigenvalue weighted by molar-refractivity contribution is -0.384. The Morgan fingerprint density at radius 3 is 2.58 bits per heavy atom. The number of nitrogens with one attached hydrogen (secondary N) is 1. The van der Waals surface area contributed by atoms with Gasteiger partial charge in [0, 0.05) is 23.4 Å². The van der Waals surface area contributed by atoms with E-state index in [1.807, 2.05) is 0 Å². The van der Waals surface area contributed by atoms with Crippen molar-refractivity contribution in [2.75, 3.05) is 5.75 Å². The van der Waals surface area contributed by atoms with E-state index in [1.165, 1.54) is 42.1 Å². The third-order valence-electron chi connectivity index (χ3n) is 3.37. The van der Waals surface area contributed by atoms with Crippen LogP contribution in [0.25, 0.3) is 0 Å². The summed E-state index contributed by atoms with van der Waals surface area (Å²) in [4.78, 5) is 22.0. The first-order valence-electron chi connectivity index (χ1n) is 7.53. The number of benzene rings is 2. The lowest BCUT2D eigenvalue weighted by Gasteiger charge is -2.06. The van der Waals surface area contributed by atoms with Crippen LogP contribution in [-0.4, -0.2) is 32.5 Å². The number of hydrogen-bond donors (Lipinski definition) is 3. The van der Waals surface area contributed by atoms with Crippen LogP contribution in [-0.2, 0) is 10.5 Å². The highest BCUT2D eigenvalue weighted by atomic mass is 32.2. The van der Waals surface area contributed by atoms with Gasteiger partial charge in [0.15, 0.2) is 0 Å². The SMILES string of the molecule is CC(=NNC(=O)CSCc1ccc([N+](=O)[O-])cc1)c1cc(O)ccc1O. The number of rotatable bonds is 7. The summed E-state index contributed by atoms with van der Waals surface area (Å²) in [5.74, 6) is 0.292. The van der Waals surface area contributed by atoms with Gasteiger partial charge in [0.05, 0.1) is 16.4 Å². The van der Waals surface area contributed by atoms with Gasteiger partial charge >= 0.3 is 0 Å². The largest absolute Gasteiger partial charge is 0.508 e. The molecule has 0 saturated carbocycles. The molecule has 0 saturated heterocycles. The minimum Gasteiger partial charge on any atom is -0.508 e. The summed E-state index contributed by atoms with van der Waals surface area (Å²) in [7, 11) is 0. The van der Waals surface area contributed by atoms with Gasteiger partial charge in [-0.3, -0.25) is 14.9 Å². The van der Waals surface area contributed by atoms with E-state index in [4.69, 9.17) is 0 Å². The molecule has 0 unspecified atom stereocenters. The number of amides is 1. The summed E-state index contributed by atoms with van der Waals surface area (Å²) >= 11 is 1.34. The Labute approximate surface area is 153 Å². The predicted octanol–water partition coefficient (Wildman–Crippen LogP) is 2.78. The number of nitro benzene ring substituents is 1. The number of carbonyl (C=O) groups is 1. The third-order valence-corrected chi connectivity index (χ3v) is 4.37. The van der Waals surface area contributed by atoms with Gasteiger partial charge in [-0.15, -0.1) is 11.8 Å². The number of carbonyl (C=O) groups excluding carboxylic acids is 1. The molecule has 2 rings (SSSR count). The Kier molecular flexibility index (Phi) is 6.56. The van der Waals surface area contributed by atoms with Crippen LogP contribution in [0.1, 0.15) is 18.1 Å². The molecule has 26 heavy (non-hydrogen) atoms. The second-order valence-corrected chi connectivity index (χ2v) is 6.34. The quantitative estimate of drug-likeness (QED) is 0.296. The highest BCUT2D eigenvalue weighted by Crippen LogP contribution is 2.22. The number of thioether (sulfide) groups is 1. The van der Waals surface area contributed by atoms with Crippen molar-refractivity contribution in [1.82, 2.24) is 5.43 Å². The molecule has 9 heteroatoms. The van der Waals surface area contributed by atoms with Crippen molar-refractivity contribution in [3.63, 3.8) is 0 Å². The molecule has 0 aliphatic heterocycles. The van der Waals surface area contributed by atoms with Crippen LogP contribution in [0.5, 0.6) is 11.5 Å². The predicted molar refractivity (Wildman–Crippen MR) is 99.4 cm³/mol. The molecule has 8 nitrogen and oxygen atoms in total. The summed E-state index contributed by atoms with van der Waals surface area (Å²) in [5, 5.41) is 33.7. The lowest BCUT2D eigenvalue weighted by Crippen LogP contribution is -2.21. The van der Waals surface area contributed by atoms with Crippen molar-refractivity contribution in [3.05, 3.63) is 63.7 Å². The molecule has 3 N–H and O–H groups in total. The van der Waals surface area contributed by atoms with Crippen LogP contribution in [0, 0.1) is 10.1 Å². The molecule has 0 bridgehead atoms. The summed E-state index contributed by atoms with van der Waals surface area (Å²) in [5.41, 5.74) is 3.96. The number of hydrazone groups is 1. The monoisotopic (exact) mass is 375 g/mol. The first-order valence-corrected chi connectivity index (χ1v) is 8.69. The van der Waals surface area contributed by atoms with Gasteiger partial charge in [-0.2, -0.15) is 5.10 Å². The Balaban J connectivity index is 1.83. The average Bonchev–Trinajstić information content (AvgIpc) is 2.62. The van der Waals surface area contributed by atoms with E-state index in [0.29, 0.717) is 17.0 Å². The van der Waals surface area contributed by atoms with Crippen molar-refractivity contribution in [1.29, 1.82) is 0 Å². The first kappa shape index (κ1) is 19.3. The molecule has 0 aliphatic rings. The van der Waals surface area contributed by atoms with E-state index in [-0.39, 0.29) is 28.8 Å². The smallest absolute Gasteiger partial charge is 0.269 e. The number of aromatic hydroxyl groups is 2. The van der Waals surface area contributed by atoms with E-state index in [0.717, 1.165) is 5.56 Å². The van der Waals surface area contributed by atoms with Crippen LogP contribution in [0.3, 0.4) is 0 Å². The number of phenolic OH excluding ortho intramolecular Hbond substituents is 2. The Bertz CT molecular complexity index is 837. The molecule has 136 valence electrons. The normalized spacial score (nSPS) is 11.2. The van der Waals surface area contributed by atoms with Gasteiger partial charge in [-0.25, -0.2) is 5.43 Å². The zero-order chi connectivity index (χ0) is 19.1. The van der Waals surface area contributed by atoms with Crippen LogP contribution in [0.15, 0.2) is 47.6 Å². The molecule has 0 radical (unpaired) electrons. The highest BCUT2D eigenvalue weighted by molar-refractivity contribution is 7.99. The van der Waals surface area contributed by atoms with Gasteiger partial charge in [-0.05, 0) is 30.7 Å². The fourth-order valence-electron chi connectivity index (χ4n) is 2.03. The first-order chi connectivity index (χ1) is 12.4. The molecule has 0 fully saturated rings. The third kappa shape index (κ3) is 5.49. The standard InChI is InChI=1S/C17H17N3O5S/c1-11(15-8-14(21)6-7-16(15)22)18-19-17(23)10-26-9-12-2-4-13(5-3-12)20(24)25/h2-8,21-22H,9-10H2,1H3,(H,19,23). The van der Waals surface area contributed by atoms with Gasteiger partial charge < -0.3 is 10.2 Å². The minimum absolute atomic E-state index is 0.0164. The van der Waals surface area contributed by atoms with E-state index in [1.54, 1.807) is 19.1 Å². The summed E-state index contributed by atoms with van der Waals surface area (Å²) < 4.78 is 0. The van der Waals surface area contributed by atoms with Crippen LogP contribution >= 0.6 is 11.8 Å². The van der Waals surface area contributed by atoms with E-state index < -0.39 is 4.92 Å². The lowest BCUT2D eigenvalue weighted by atomic mass is 10.1. The molecule has 0 aromatic heterocycles. The zero-order valence-corrected chi connectivity index (χ0v) is 14.7. The highest BCUT2D eigenvalue weighted by Gasteiger charge is 2.08. The fraction of sp³-hybridized carbons (Fsp3) is 0.176. The fourth-order valence-corrected chi connectivity index (χ4v) is 2.81. The molecule has 0 aliphatic carbocycles. The number of hydrogen-bond acceptors (Lipinski definition) is 7. The van der Waals surface area contributed by atoms with Gasteiger partial charge in [-0.1, -0.05) is 12.1 Å². The van der Waals surface area contributed by atoms with Gasteiger partial charge in [0.2, 0.25) is 5.91 Å². The van der Waals surface area contributed by atoms with E-state index >= 15 is 0 Å². The maximum Gasteiger partial charge on any atom is 0.269 e. The van der Waals surface area contributed by atoms with Crippen molar-refractivity contribution >= 4 is 29.1 Å². The van der Waals surface area contributed by atoms with Crippen LogP contribution in [0.4, 0.5) is 5.69 Å². The number of non-ortho nitro benzene ring substituents is 1. The Hall–Kier alpha value is -3.07. The van der Waals surface area contributed by atoms with Crippen LogP contribution in [0.2, 0.25) is 0 Å². The molecule has 2 aromatic carbocycles. The van der Waals surface area contributed by atoms with E-state index in [9.17, 15) is 25.1 Å². The number of phenols is 2. The second kappa shape index (κ2) is 8.86. The van der Waals surface area contributed by atoms with Crippen molar-refractivity contribution in [3.8, 4) is 11.5 Å². The minimum atomic E-state index is -0.463. The van der Waals surface area contributed by atoms with Gasteiger partial charge in [0.1, 0.15) is 11.5 Å². The molecule has 0 heterocycles. The second-order valence-electron chi connectivity index (χ2n) is 5.35. The topological polar surface area (TPSA) is 125 Å². The molecular weight excluding hydrogens is 358 g/mol. The maximum atomic E-state index is 11.8. The van der Waals surface area contributed by atoms with Crippen molar-refractivity contribution in [2.45, 2.75) is 12.7 Å².